The van der Waals surface area contributed by atoms with Crippen LogP contribution in [0.3, 0.4) is 0 Å². The van der Waals surface area contributed by atoms with E-state index in [0.29, 0.717) is 0 Å². The molecule has 20 heavy (non-hydrogen) atoms. The predicted molar refractivity (Wildman–Crippen MR) is 78.6 cm³/mol. The van der Waals surface area contributed by atoms with Gasteiger partial charge in [0.15, 0.2) is 0 Å². The monoisotopic (exact) mass is 264 g/mol. The van der Waals surface area contributed by atoms with Crippen molar-refractivity contribution >= 4 is 0 Å². The van der Waals surface area contributed by atoms with E-state index in [1.54, 1.807) is 6.20 Å². The Morgan fingerprint density at radius 1 is 1.10 bits per heavy atom. The minimum Gasteiger partial charge on any atom is -0.319 e. The average Bonchev–Trinajstić information content (AvgIpc) is 2.98. The molecule has 0 saturated heterocycles. The minimum atomic E-state index is -0.256. The molecule has 100 valence electrons. The summed E-state index contributed by atoms with van der Waals surface area (Å²) in [5.41, 5.74) is 10.3. The highest BCUT2D eigenvalue weighted by atomic mass is 15.3. The van der Waals surface area contributed by atoms with Crippen molar-refractivity contribution in [2.45, 2.75) is 13.0 Å². The van der Waals surface area contributed by atoms with Gasteiger partial charge in [-0.2, -0.15) is 5.10 Å². The van der Waals surface area contributed by atoms with Crippen molar-refractivity contribution in [3.8, 4) is 5.69 Å². The van der Waals surface area contributed by atoms with Gasteiger partial charge in [-0.3, -0.25) is 4.98 Å². The number of pyridine rings is 1. The Labute approximate surface area is 117 Å². The normalized spacial score (nSPS) is 12.3. The number of nitrogens with zero attached hydrogens (tertiary/aromatic N) is 3. The fourth-order valence-corrected chi connectivity index (χ4v) is 2.19. The molecule has 3 aromatic rings. The molecule has 2 N–H and O–H groups in total. The van der Waals surface area contributed by atoms with Crippen LogP contribution in [0.5, 0.6) is 0 Å². The van der Waals surface area contributed by atoms with Crippen molar-refractivity contribution in [3.63, 3.8) is 0 Å². The number of hydrogen-bond acceptors (Lipinski definition) is 3. The van der Waals surface area contributed by atoms with Crippen molar-refractivity contribution < 1.29 is 0 Å². The van der Waals surface area contributed by atoms with Crippen LogP contribution in [0.4, 0.5) is 0 Å². The Balaban J connectivity index is 1.93. The van der Waals surface area contributed by atoms with E-state index < -0.39 is 0 Å². The summed E-state index contributed by atoms with van der Waals surface area (Å²) in [7, 11) is 0. The average molecular weight is 264 g/mol. The van der Waals surface area contributed by atoms with Gasteiger partial charge >= 0.3 is 0 Å². The molecule has 1 unspecified atom stereocenters. The summed E-state index contributed by atoms with van der Waals surface area (Å²) < 4.78 is 1.83. The van der Waals surface area contributed by atoms with Crippen LogP contribution in [-0.4, -0.2) is 14.8 Å². The summed E-state index contributed by atoms with van der Waals surface area (Å²) in [6, 6.07) is 13.6. The van der Waals surface area contributed by atoms with Crippen LogP contribution >= 0.6 is 0 Å². The van der Waals surface area contributed by atoms with Gasteiger partial charge in [-0.05, 0) is 42.3 Å². The molecule has 0 bridgehead atoms. The Bertz CT molecular complexity index is 703. The van der Waals surface area contributed by atoms with Gasteiger partial charge in [0.1, 0.15) is 0 Å². The van der Waals surface area contributed by atoms with Crippen molar-refractivity contribution in [3.05, 3.63) is 77.9 Å². The van der Waals surface area contributed by atoms with E-state index in [4.69, 9.17) is 5.73 Å². The lowest BCUT2D eigenvalue weighted by atomic mass is 10.0. The van der Waals surface area contributed by atoms with E-state index in [2.05, 4.69) is 10.1 Å². The summed E-state index contributed by atoms with van der Waals surface area (Å²) in [5.74, 6) is 0. The highest BCUT2D eigenvalue weighted by Crippen LogP contribution is 2.21. The molecule has 1 aromatic carbocycles. The molecule has 3 rings (SSSR count). The maximum atomic E-state index is 6.29. The predicted octanol–water partition coefficient (Wildman–Crippen LogP) is 2.62. The molecular weight excluding hydrogens is 248 g/mol. The summed E-state index contributed by atoms with van der Waals surface area (Å²) in [5, 5.41) is 4.56. The first-order valence-electron chi connectivity index (χ1n) is 6.53. The topological polar surface area (TPSA) is 56.7 Å². The SMILES string of the molecule is Cc1ccncc1C(N)c1ccn(-c2ccccc2)n1. The van der Waals surface area contributed by atoms with Gasteiger partial charge in [0.25, 0.3) is 0 Å². The van der Waals surface area contributed by atoms with Crippen LogP contribution in [-0.2, 0) is 0 Å². The van der Waals surface area contributed by atoms with E-state index in [9.17, 15) is 0 Å². The Morgan fingerprint density at radius 2 is 1.90 bits per heavy atom. The summed E-state index contributed by atoms with van der Waals surface area (Å²) >= 11 is 0. The van der Waals surface area contributed by atoms with Gasteiger partial charge in [0.05, 0.1) is 17.4 Å². The molecule has 2 aromatic heterocycles. The quantitative estimate of drug-likeness (QED) is 0.791. The van der Waals surface area contributed by atoms with E-state index in [1.165, 1.54) is 0 Å². The molecule has 1 atom stereocenters. The van der Waals surface area contributed by atoms with Crippen LogP contribution in [0.1, 0.15) is 22.9 Å². The second-order valence-corrected chi connectivity index (χ2v) is 4.73. The zero-order valence-electron chi connectivity index (χ0n) is 11.3. The summed E-state index contributed by atoms with van der Waals surface area (Å²) in [6.45, 7) is 2.03. The van der Waals surface area contributed by atoms with Crippen LogP contribution in [0.25, 0.3) is 5.69 Å². The smallest absolute Gasteiger partial charge is 0.0842 e. The number of hydrogen-bond donors (Lipinski definition) is 1. The Hall–Kier alpha value is -2.46. The standard InChI is InChI=1S/C16H16N4/c1-12-7-9-18-11-14(12)16(17)15-8-10-20(19-15)13-5-3-2-4-6-13/h2-11,16H,17H2,1H3. The van der Waals surface area contributed by atoms with Crippen LogP contribution in [0.15, 0.2) is 61.1 Å². The highest BCUT2D eigenvalue weighted by Gasteiger charge is 2.14. The summed E-state index contributed by atoms with van der Waals surface area (Å²) in [4.78, 5) is 4.14. The molecule has 0 saturated carbocycles. The third kappa shape index (κ3) is 2.33. The fourth-order valence-electron chi connectivity index (χ4n) is 2.19. The highest BCUT2D eigenvalue weighted by molar-refractivity contribution is 5.34. The van der Waals surface area contributed by atoms with Crippen molar-refractivity contribution in [1.29, 1.82) is 0 Å². The second-order valence-electron chi connectivity index (χ2n) is 4.73. The van der Waals surface area contributed by atoms with Crippen LogP contribution in [0, 0.1) is 6.92 Å². The number of nitrogens with two attached hydrogens (primary N) is 1. The first kappa shape index (κ1) is 12.6. The van der Waals surface area contributed by atoms with Crippen molar-refractivity contribution in [2.24, 2.45) is 5.73 Å². The van der Waals surface area contributed by atoms with Gasteiger partial charge in [0, 0.05) is 18.6 Å². The third-order valence-corrected chi connectivity index (χ3v) is 3.36. The summed E-state index contributed by atoms with van der Waals surface area (Å²) in [6.07, 6.45) is 5.51. The number of aryl methyl sites for hydroxylation is 1. The molecule has 0 amide bonds. The minimum absolute atomic E-state index is 0.256. The van der Waals surface area contributed by atoms with E-state index in [0.717, 1.165) is 22.5 Å². The molecule has 0 spiro atoms. The van der Waals surface area contributed by atoms with E-state index >= 15 is 0 Å². The van der Waals surface area contributed by atoms with Gasteiger partial charge < -0.3 is 5.73 Å². The Kier molecular flexibility index (Phi) is 3.31. The van der Waals surface area contributed by atoms with Gasteiger partial charge in [-0.1, -0.05) is 18.2 Å². The Morgan fingerprint density at radius 3 is 2.65 bits per heavy atom. The van der Waals surface area contributed by atoms with Crippen molar-refractivity contribution in [1.82, 2.24) is 14.8 Å². The second kappa shape index (κ2) is 5.27. The first-order chi connectivity index (χ1) is 9.75. The van der Waals surface area contributed by atoms with Gasteiger partial charge in [-0.15, -0.1) is 0 Å². The molecule has 4 nitrogen and oxygen atoms in total. The third-order valence-electron chi connectivity index (χ3n) is 3.36. The van der Waals surface area contributed by atoms with Crippen molar-refractivity contribution in [2.75, 3.05) is 0 Å². The lowest BCUT2D eigenvalue weighted by Crippen LogP contribution is -2.14. The van der Waals surface area contributed by atoms with Gasteiger partial charge in [0.2, 0.25) is 0 Å². The number of rotatable bonds is 3. The zero-order valence-corrected chi connectivity index (χ0v) is 11.3. The van der Waals surface area contributed by atoms with Crippen LogP contribution < -0.4 is 5.73 Å². The number of benzene rings is 1. The van der Waals surface area contributed by atoms with E-state index in [-0.39, 0.29) is 6.04 Å². The maximum absolute atomic E-state index is 6.29. The molecule has 0 aliphatic carbocycles. The number of aromatic nitrogens is 3. The molecular formula is C16H16N4. The van der Waals surface area contributed by atoms with Gasteiger partial charge in [-0.25, -0.2) is 4.68 Å². The lowest BCUT2D eigenvalue weighted by Gasteiger charge is -2.11. The van der Waals surface area contributed by atoms with Crippen LogP contribution in [0.2, 0.25) is 0 Å². The zero-order chi connectivity index (χ0) is 13.9. The molecule has 0 aliphatic rings. The molecule has 2 heterocycles. The molecule has 0 radical (unpaired) electrons. The molecule has 4 heteroatoms. The first-order valence-corrected chi connectivity index (χ1v) is 6.53. The molecule has 0 fully saturated rings. The number of para-hydroxylation sites is 1. The fraction of sp³-hybridized carbons (Fsp3) is 0.125. The lowest BCUT2D eigenvalue weighted by molar-refractivity contribution is 0.766. The largest absolute Gasteiger partial charge is 0.319 e. The molecule has 0 aliphatic heterocycles. The maximum Gasteiger partial charge on any atom is 0.0842 e. The van der Waals surface area contributed by atoms with E-state index in [1.807, 2.05) is 66.5 Å².